The predicted molar refractivity (Wildman–Crippen MR) is 90.8 cm³/mol. The normalized spacial score (nSPS) is 10.6. The lowest BCUT2D eigenvalue weighted by Crippen LogP contribution is -2.00. The van der Waals surface area contributed by atoms with Gasteiger partial charge in [0.05, 0.1) is 10.7 Å². The lowest BCUT2D eigenvalue weighted by molar-refractivity contribution is 0.776. The molecule has 4 heteroatoms. The van der Waals surface area contributed by atoms with Crippen LogP contribution < -0.4 is 5.32 Å². The van der Waals surface area contributed by atoms with E-state index in [1.54, 1.807) is 6.20 Å². The van der Waals surface area contributed by atoms with Crippen LogP contribution in [0.1, 0.15) is 5.56 Å². The Morgan fingerprint density at radius 1 is 1.10 bits per heavy atom. The van der Waals surface area contributed by atoms with E-state index in [1.807, 2.05) is 17.8 Å². The number of hydrogen-bond acceptors (Lipinski definition) is 2. The van der Waals surface area contributed by atoms with Crippen LogP contribution in [0.3, 0.4) is 0 Å². The van der Waals surface area contributed by atoms with E-state index in [-0.39, 0.29) is 0 Å². The van der Waals surface area contributed by atoms with E-state index in [4.69, 9.17) is 0 Å². The zero-order valence-electron chi connectivity index (χ0n) is 12.0. The monoisotopic (exact) mass is 341 g/mol. The van der Waals surface area contributed by atoms with E-state index in [9.17, 15) is 0 Å². The van der Waals surface area contributed by atoms with Gasteiger partial charge >= 0.3 is 0 Å². The van der Waals surface area contributed by atoms with Crippen molar-refractivity contribution in [3.63, 3.8) is 0 Å². The van der Waals surface area contributed by atoms with Crippen molar-refractivity contribution in [2.45, 2.75) is 6.92 Å². The van der Waals surface area contributed by atoms with Crippen LogP contribution >= 0.6 is 15.9 Å². The molecule has 1 N–H and O–H groups in total. The Labute approximate surface area is 132 Å². The largest absolute Gasteiger partial charge is 0.339 e. The summed E-state index contributed by atoms with van der Waals surface area (Å²) in [6.45, 7) is 2.13. The fourth-order valence-corrected chi connectivity index (χ4v) is 2.82. The van der Waals surface area contributed by atoms with Gasteiger partial charge in [-0.2, -0.15) is 5.10 Å². The summed E-state index contributed by atoms with van der Waals surface area (Å²) >= 11 is 3.50. The van der Waals surface area contributed by atoms with E-state index in [1.165, 1.54) is 16.7 Å². The van der Waals surface area contributed by atoms with Crippen LogP contribution in [0.15, 0.2) is 59.2 Å². The van der Waals surface area contributed by atoms with Gasteiger partial charge in [0.2, 0.25) is 0 Å². The van der Waals surface area contributed by atoms with Gasteiger partial charge in [0, 0.05) is 12.7 Å². The van der Waals surface area contributed by atoms with Crippen molar-refractivity contribution in [1.29, 1.82) is 0 Å². The molecule has 1 aromatic heterocycles. The standard InChI is InChI=1S/C17H16BrN3/c1-12-10-14(20-17-16(18)11-19-21(17)2)8-9-15(12)13-6-4-3-5-7-13/h3-11,20H,1-2H3. The third-order valence-corrected chi connectivity index (χ3v) is 4.05. The molecule has 0 bridgehead atoms. The first kappa shape index (κ1) is 13.9. The Morgan fingerprint density at radius 2 is 1.86 bits per heavy atom. The van der Waals surface area contributed by atoms with E-state index < -0.39 is 0 Å². The molecule has 0 aliphatic heterocycles. The molecule has 3 nitrogen and oxygen atoms in total. The molecule has 0 aliphatic rings. The van der Waals surface area contributed by atoms with Gasteiger partial charge in [-0.15, -0.1) is 0 Å². The lowest BCUT2D eigenvalue weighted by atomic mass is 10.0. The van der Waals surface area contributed by atoms with Crippen molar-refractivity contribution in [1.82, 2.24) is 9.78 Å². The predicted octanol–water partition coefficient (Wildman–Crippen LogP) is 4.90. The summed E-state index contributed by atoms with van der Waals surface area (Å²) in [5, 5.41) is 7.60. The smallest absolute Gasteiger partial charge is 0.142 e. The molecule has 0 aliphatic carbocycles. The van der Waals surface area contributed by atoms with E-state index in [0.717, 1.165) is 16.0 Å². The molecule has 0 atom stereocenters. The number of aryl methyl sites for hydroxylation is 2. The molecule has 2 aromatic carbocycles. The molecule has 21 heavy (non-hydrogen) atoms. The summed E-state index contributed by atoms with van der Waals surface area (Å²) in [6.07, 6.45) is 1.79. The van der Waals surface area contributed by atoms with Crippen LogP contribution in [0, 0.1) is 6.92 Å². The number of nitrogens with one attached hydrogen (secondary N) is 1. The molecular formula is C17H16BrN3. The first-order valence-electron chi connectivity index (χ1n) is 6.76. The molecule has 3 rings (SSSR count). The van der Waals surface area contributed by atoms with Crippen molar-refractivity contribution >= 4 is 27.4 Å². The van der Waals surface area contributed by atoms with Crippen LogP contribution in [0.4, 0.5) is 11.5 Å². The van der Waals surface area contributed by atoms with Gasteiger partial charge in [0.15, 0.2) is 0 Å². The average Bonchev–Trinajstić information content (AvgIpc) is 2.80. The molecule has 0 saturated carbocycles. The van der Waals surface area contributed by atoms with Crippen LogP contribution in [0.5, 0.6) is 0 Å². The van der Waals surface area contributed by atoms with Gasteiger partial charge in [-0.3, -0.25) is 4.68 Å². The Kier molecular flexibility index (Phi) is 3.80. The molecule has 0 fully saturated rings. The summed E-state index contributed by atoms with van der Waals surface area (Å²) in [4.78, 5) is 0. The van der Waals surface area contributed by atoms with Gasteiger partial charge < -0.3 is 5.32 Å². The van der Waals surface area contributed by atoms with Crippen molar-refractivity contribution in [3.05, 3.63) is 64.8 Å². The van der Waals surface area contributed by atoms with Crippen molar-refractivity contribution in [2.75, 3.05) is 5.32 Å². The fraction of sp³-hybridized carbons (Fsp3) is 0.118. The Bertz CT molecular complexity index is 743. The highest BCUT2D eigenvalue weighted by atomic mass is 79.9. The molecule has 0 saturated heterocycles. The lowest BCUT2D eigenvalue weighted by Gasteiger charge is -2.11. The minimum Gasteiger partial charge on any atom is -0.339 e. The topological polar surface area (TPSA) is 29.9 Å². The Hall–Kier alpha value is -2.07. The number of benzene rings is 2. The first-order valence-corrected chi connectivity index (χ1v) is 7.55. The van der Waals surface area contributed by atoms with Gasteiger partial charge in [0.25, 0.3) is 0 Å². The average molecular weight is 342 g/mol. The number of halogens is 1. The molecular weight excluding hydrogens is 326 g/mol. The zero-order chi connectivity index (χ0) is 14.8. The molecule has 0 radical (unpaired) electrons. The number of hydrogen-bond donors (Lipinski definition) is 1. The summed E-state index contributed by atoms with van der Waals surface area (Å²) in [5.74, 6) is 0.946. The van der Waals surface area contributed by atoms with Crippen molar-refractivity contribution < 1.29 is 0 Å². The highest BCUT2D eigenvalue weighted by molar-refractivity contribution is 9.10. The van der Waals surface area contributed by atoms with Gasteiger partial charge in [-0.25, -0.2) is 0 Å². The molecule has 3 aromatic rings. The summed E-state index contributed by atoms with van der Waals surface area (Å²) in [6, 6.07) is 16.8. The maximum Gasteiger partial charge on any atom is 0.142 e. The van der Waals surface area contributed by atoms with Crippen molar-refractivity contribution in [3.8, 4) is 11.1 Å². The molecule has 0 amide bonds. The van der Waals surface area contributed by atoms with E-state index in [2.05, 4.69) is 75.7 Å². The molecule has 1 heterocycles. The fourth-order valence-electron chi connectivity index (χ4n) is 2.37. The first-order chi connectivity index (χ1) is 10.1. The Morgan fingerprint density at radius 3 is 2.48 bits per heavy atom. The SMILES string of the molecule is Cc1cc(Nc2c(Br)cnn2C)ccc1-c1ccccc1. The molecule has 106 valence electrons. The Balaban J connectivity index is 1.92. The van der Waals surface area contributed by atoms with Crippen LogP contribution in [-0.2, 0) is 7.05 Å². The molecule has 0 unspecified atom stereocenters. The van der Waals surface area contributed by atoms with Gasteiger partial charge in [-0.05, 0) is 51.7 Å². The summed E-state index contributed by atoms with van der Waals surface area (Å²) in [5.41, 5.74) is 4.79. The minimum atomic E-state index is 0.946. The number of aromatic nitrogens is 2. The number of rotatable bonds is 3. The van der Waals surface area contributed by atoms with Crippen LogP contribution in [0.2, 0.25) is 0 Å². The number of anilines is 2. The maximum absolute atomic E-state index is 4.21. The third kappa shape index (κ3) is 2.85. The second kappa shape index (κ2) is 5.74. The quantitative estimate of drug-likeness (QED) is 0.734. The highest BCUT2D eigenvalue weighted by Crippen LogP contribution is 2.29. The third-order valence-electron chi connectivity index (χ3n) is 3.47. The van der Waals surface area contributed by atoms with Crippen LogP contribution in [0.25, 0.3) is 11.1 Å². The summed E-state index contributed by atoms with van der Waals surface area (Å²) < 4.78 is 2.76. The highest BCUT2D eigenvalue weighted by Gasteiger charge is 2.07. The van der Waals surface area contributed by atoms with Crippen LogP contribution in [-0.4, -0.2) is 9.78 Å². The second-order valence-electron chi connectivity index (χ2n) is 4.99. The number of nitrogens with zero attached hydrogens (tertiary/aromatic N) is 2. The second-order valence-corrected chi connectivity index (χ2v) is 5.84. The molecule has 0 spiro atoms. The van der Waals surface area contributed by atoms with E-state index >= 15 is 0 Å². The summed E-state index contributed by atoms with van der Waals surface area (Å²) in [7, 11) is 1.91. The van der Waals surface area contributed by atoms with Gasteiger partial charge in [0.1, 0.15) is 5.82 Å². The zero-order valence-corrected chi connectivity index (χ0v) is 13.6. The van der Waals surface area contributed by atoms with Gasteiger partial charge in [-0.1, -0.05) is 36.4 Å². The van der Waals surface area contributed by atoms with Crippen molar-refractivity contribution in [2.24, 2.45) is 7.05 Å². The minimum absolute atomic E-state index is 0.946. The van der Waals surface area contributed by atoms with E-state index in [0.29, 0.717) is 0 Å². The maximum atomic E-state index is 4.21.